The van der Waals surface area contributed by atoms with E-state index < -0.39 is 0 Å². The Morgan fingerprint density at radius 2 is 1.05 bits per heavy atom. The number of ether oxygens (including phenoxy) is 1. The Labute approximate surface area is 135 Å². The zero-order chi connectivity index (χ0) is 15.6. The first-order valence-corrected chi connectivity index (χ1v) is 8.52. The van der Waals surface area contributed by atoms with E-state index in [-0.39, 0.29) is 0 Å². The maximum atomic E-state index is 5.19. The van der Waals surface area contributed by atoms with Gasteiger partial charge in [0, 0.05) is 0 Å². The van der Waals surface area contributed by atoms with Gasteiger partial charge in [0.25, 0.3) is 0 Å². The number of aryl methyl sites for hydroxylation is 3. The molecule has 0 aromatic heterocycles. The van der Waals surface area contributed by atoms with Gasteiger partial charge in [-0.3, -0.25) is 0 Å². The smallest absolute Gasteiger partial charge is 0.118 e. The highest BCUT2D eigenvalue weighted by Crippen LogP contribution is 2.15. The third-order valence-electron chi connectivity index (χ3n) is 4.18. The summed E-state index contributed by atoms with van der Waals surface area (Å²) in [5.74, 6) is 0.937. The Balaban J connectivity index is 1.69. The van der Waals surface area contributed by atoms with Crippen molar-refractivity contribution in [3.8, 4) is 5.75 Å². The van der Waals surface area contributed by atoms with Gasteiger partial charge in [-0.1, -0.05) is 49.7 Å². The molecule has 0 unspecified atom stereocenters. The normalized spacial score (nSPS) is 10.6. The molecule has 22 heavy (non-hydrogen) atoms. The van der Waals surface area contributed by atoms with E-state index in [9.17, 15) is 0 Å². The summed E-state index contributed by atoms with van der Waals surface area (Å²) in [6.45, 7) is 2.25. The van der Waals surface area contributed by atoms with Crippen molar-refractivity contribution in [2.45, 2.75) is 51.9 Å². The van der Waals surface area contributed by atoms with Crippen LogP contribution in [0.5, 0.6) is 5.75 Å². The van der Waals surface area contributed by atoms with Crippen molar-refractivity contribution < 1.29 is 4.74 Å². The number of rotatable bonds is 9. The highest BCUT2D eigenvalue weighted by Gasteiger charge is 1.98. The minimum absolute atomic E-state index is 0.937. The molecule has 1 heteroatoms. The summed E-state index contributed by atoms with van der Waals surface area (Å²) in [6.07, 6.45) is 8.61. The summed E-state index contributed by atoms with van der Waals surface area (Å²) in [7, 11) is 1.71. The second-order valence-electron chi connectivity index (χ2n) is 5.98. The number of hydrogen-bond acceptors (Lipinski definition) is 1. The first-order valence-electron chi connectivity index (χ1n) is 8.52. The van der Waals surface area contributed by atoms with Crippen molar-refractivity contribution in [2.75, 3.05) is 7.11 Å². The van der Waals surface area contributed by atoms with E-state index in [2.05, 4.69) is 43.3 Å². The number of methoxy groups -OCH3 is 1. The molecule has 2 rings (SSSR count). The molecule has 2 aromatic rings. The minimum Gasteiger partial charge on any atom is -0.497 e. The molecule has 1 nitrogen and oxygen atoms in total. The molecule has 0 fully saturated rings. The van der Waals surface area contributed by atoms with Crippen LogP contribution in [0.1, 0.15) is 49.3 Å². The van der Waals surface area contributed by atoms with Gasteiger partial charge in [-0.25, -0.2) is 0 Å². The molecule has 0 bridgehead atoms. The largest absolute Gasteiger partial charge is 0.497 e. The van der Waals surface area contributed by atoms with Crippen LogP contribution in [0.25, 0.3) is 0 Å². The molecule has 0 amide bonds. The molecular formula is C21H28O. The van der Waals surface area contributed by atoms with Crippen molar-refractivity contribution in [2.24, 2.45) is 0 Å². The zero-order valence-corrected chi connectivity index (χ0v) is 14.0. The van der Waals surface area contributed by atoms with E-state index >= 15 is 0 Å². The standard InChI is InChI=1S/C21H28O/c1-3-4-7-18-10-12-19(13-11-18)8-5-6-9-20-14-16-21(22-2)17-15-20/h10-17H,3-9H2,1-2H3. The van der Waals surface area contributed by atoms with E-state index in [1.807, 2.05) is 12.1 Å². The summed E-state index contributed by atoms with van der Waals surface area (Å²) in [5, 5.41) is 0. The van der Waals surface area contributed by atoms with Crippen molar-refractivity contribution in [1.29, 1.82) is 0 Å². The molecule has 0 heterocycles. The van der Waals surface area contributed by atoms with Crippen LogP contribution in [-0.4, -0.2) is 7.11 Å². The van der Waals surface area contributed by atoms with Gasteiger partial charge in [0.05, 0.1) is 7.11 Å². The van der Waals surface area contributed by atoms with Crippen molar-refractivity contribution in [1.82, 2.24) is 0 Å². The fraction of sp³-hybridized carbons (Fsp3) is 0.429. The van der Waals surface area contributed by atoms with E-state index in [0.29, 0.717) is 0 Å². The Morgan fingerprint density at radius 3 is 1.45 bits per heavy atom. The molecule has 0 aliphatic carbocycles. The lowest BCUT2D eigenvalue weighted by Gasteiger charge is -2.05. The Hall–Kier alpha value is -1.76. The zero-order valence-electron chi connectivity index (χ0n) is 14.0. The van der Waals surface area contributed by atoms with Gasteiger partial charge in [0.15, 0.2) is 0 Å². The highest BCUT2D eigenvalue weighted by molar-refractivity contribution is 5.27. The molecule has 0 N–H and O–H groups in total. The SMILES string of the molecule is CCCCc1ccc(CCCCc2ccc(OC)cc2)cc1. The van der Waals surface area contributed by atoms with Crippen LogP contribution >= 0.6 is 0 Å². The van der Waals surface area contributed by atoms with Gasteiger partial charge < -0.3 is 4.74 Å². The molecule has 0 saturated heterocycles. The molecule has 0 aliphatic heterocycles. The summed E-state index contributed by atoms with van der Waals surface area (Å²) < 4.78 is 5.19. The topological polar surface area (TPSA) is 9.23 Å². The predicted molar refractivity (Wildman–Crippen MR) is 94.7 cm³/mol. The number of unbranched alkanes of at least 4 members (excludes halogenated alkanes) is 2. The highest BCUT2D eigenvalue weighted by atomic mass is 16.5. The first-order chi connectivity index (χ1) is 10.8. The summed E-state index contributed by atoms with van der Waals surface area (Å²) in [5.41, 5.74) is 4.34. The number of benzene rings is 2. The summed E-state index contributed by atoms with van der Waals surface area (Å²) in [4.78, 5) is 0. The molecular weight excluding hydrogens is 268 g/mol. The van der Waals surface area contributed by atoms with Gasteiger partial charge in [-0.2, -0.15) is 0 Å². The van der Waals surface area contributed by atoms with E-state index in [1.165, 1.54) is 55.2 Å². The van der Waals surface area contributed by atoms with Gasteiger partial charge in [-0.05, 0) is 67.3 Å². The van der Waals surface area contributed by atoms with Gasteiger partial charge in [0.2, 0.25) is 0 Å². The van der Waals surface area contributed by atoms with Crippen LogP contribution in [0.2, 0.25) is 0 Å². The van der Waals surface area contributed by atoms with Crippen LogP contribution in [0.4, 0.5) is 0 Å². The Bertz CT molecular complexity index is 525. The van der Waals surface area contributed by atoms with Gasteiger partial charge >= 0.3 is 0 Å². The second-order valence-corrected chi connectivity index (χ2v) is 5.98. The van der Waals surface area contributed by atoms with E-state index in [4.69, 9.17) is 4.74 Å². The van der Waals surface area contributed by atoms with Crippen LogP contribution < -0.4 is 4.74 Å². The molecule has 0 spiro atoms. The fourth-order valence-corrected chi connectivity index (χ4v) is 2.70. The van der Waals surface area contributed by atoms with Crippen LogP contribution in [-0.2, 0) is 19.3 Å². The molecule has 0 aliphatic rings. The Kier molecular flexibility index (Phi) is 7.02. The van der Waals surface area contributed by atoms with Gasteiger partial charge in [0.1, 0.15) is 5.75 Å². The van der Waals surface area contributed by atoms with Crippen molar-refractivity contribution in [3.05, 3.63) is 65.2 Å². The molecule has 0 atom stereocenters. The summed E-state index contributed by atoms with van der Waals surface area (Å²) >= 11 is 0. The molecule has 0 saturated carbocycles. The molecule has 118 valence electrons. The van der Waals surface area contributed by atoms with Crippen molar-refractivity contribution >= 4 is 0 Å². The predicted octanol–water partition coefficient (Wildman–Crippen LogP) is 5.60. The van der Waals surface area contributed by atoms with Crippen molar-refractivity contribution in [3.63, 3.8) is 0 Å². The maximum Gasteiger partial charge on any atom is 0.118 e. The second kappa shape index (κ2) is 9.30. The lowest BCUT2D eigenvalue weighted by Crippen LogP contribution is -1.91. The molecule has 0 radical (unpaired) electrons. The fourth-order valence-electron chi connectivity index (χ4n) is 2.70. The number of hydrogen-bond donors (Lipinski definition) is 0. The average molecular weight is 296 g/mol. The van der Waals surface area contributed by atoms with E-state index in [1.54, 1.807) is 7.11 Å². The van der Waals surface area contributed by atoms with Crippen LogP contribution in [0.15, 0.2) is 48.5 Å². The maximum absolute atomic E-state index is 5.19. The quantitative estimate of drug-likeness (QED) is 0.547. The monoisotopic (exact) mass is 296 g/mol. The minimum atomic E-state index is 0.937. The third kappa shape index (κ3) is 5.55. The Morgan fingerprint density at radius 1 is 0.636 bits per heavy atom. The van der Waals surface area contributed by atoms with Crippen LogP contribution in [0.3, 0.4) is 0 Å². The van der Waals surface area contributed by atoms with E-state index in [0.717, 1.165) is 12.2 Å². The first kappa shape index (κ1) is 16.6. The lowest BCUT2D eigenvalue weighted by atomic mass is 10.0. The van der Waals surface area contributed by atoms with Gasteiger partial charge in [-0.15, -0.1) is 0 Å². The average Bonchev–Trinajstić information content (AvgIpc) is 2.58. The van der Waals surface area contributed by atoms with Crippen LogP contribution in [0, 0.1) is 0 Å². The lowest BCUT2D eigenvalue weighted by molar-refractivity contribution is 0.414. The summed E-state index contributed by atoms with van der Waals surface area (Å²) in [6, 6.07) is 17.6. The molecule has 2 aromatic carbocycles. The third-order valence-corrected chi connectivity index (χ3v) is 4.18.